The van der Waals surface area contributed by atoms with Crippen molar-refractivity contribution in [3.8, 4) is 11.5 Å². The van der Waals surface area contributed by atoms with E-state index in [0.717, 1.165) is 33.5 Å². The van der Waals surface area contributed by atoms with E-state index in [1.807, 2.05) is 43.3 Å². The normalized spacial score (nSPS) is 20.5. The molecule has 1 aliphatic heterocycles. The van der Waals surface area contributed by atoms with Crippen LogP contribution in [0.4, 0.5) is 0 Å². The second kappa shape index (κ2) is 6.08. The van der Waals surface area contributed by atoms with Crippen molar-refractivity contribution in [2.24, 2.45) is 5.73 Å². The van der Waals surface area contributed by atoms with E-state index in [2.05, 4.69) is 22.0 Å². The molecule has 3 nitrogen and oxygen atoms in total. The average molecular weight is 348 g/mol. The smallest absolute Gasteiger partial charge is 0.126 e. The van der Waals surface area contributed by atoms with Gasteiger partial charge in [0.25, 0.3) is 0 Å². The second-order valence-electron chi connectivity index (χ2n) is 5.14. The summed E-state index contributed by atoms with van der Waals surface area (Å²) in [5.74, 6) is 1.73. The lowest BCUT2D eigenvalue weighted by molar-refractivity contribution is 0.161. The van der Waals surface area contributed by atoms with E-state index in [1.54, 1.807) is 0 Å². The van der Waals surface area contributed by atoms with Crippen LogP contribution in [-0.2, 0) is 0 Å². The molecule has 110 valence electrons. The van der Waals surface area contributed by atoms with Gasteiger partial charge in [0.1, 0.15) is 17.6 Å². The number of hydrogen-bond acceptors (Lipinski definition) is 3. The Morgan fingerprint density at radius 1 is 1.29 bits per heavy atom. The highest BCUT2D eigenvalue weighted by Gasteiger charge is 2.27. The minimum absolute atomic E-state index is 0.0213. The number of ether oxygens (including phenoxy) is 2. The van der Waals surface area contributed by atoms with E-state index < -0.39 is 0 Å². The number of fused-ring (bicyclic) bond motifs is 1. The Kier molecular flexibility index (Phi) is 4.17. The first-order valence-corrected chi connectivity index (χ1v) is 7.91. The molecule has 2 aromatic carbocycles. The molecule has 0 amide bonds. The van der Waals surface area contributed by atoms with Crippen molar-refractivity contribution in [3.05, 3.63) is 58.1 Å². The van der Waals surface area contributed by atoms with E-state index in [0.29, 0.717) is 6.61 Å². The molecule has 0 aliphatic carbocycles. The van der Waals surface area contributed by atoms with Gasteiger partial charge in [0.2, 0.25) is 0 Å². The molecule has 0 bridgehead atoms. The lowest BCUT2D eigenvalue weighted by Crippen LogP contribution is -2.24. The first-order chi connectivity index (χ1) is 10.2. The molecule has 2 atom stereocenters. The fourth-order valence-corrected chi connectivity index (χ4v) is 3.03. The molecule has 0 saturated carbocycles. The summed E-state index contributed by atoms with van der Waals surface area (Å²) in [6.45, 7) is 2.64. The molecule has 1 aliphatic rings. The van der Waals surface area contributed by atoms with Crippen LogP contribution in [0.3, 0.4) is 0 Å². The molecule has 21 heavy (non-hydrogen) atoms. The number of hydrogen-bond donors (Lipinski definition) is 1. The Morgan fingerprint density at radius 2 is 2.14 bits per heavy atom. The SMILES string of the molecule is CCOc1cccc(C2C[C@@H](N)c3cc(Br)ccc3O2)c1. The maximum absolute atomic E-state index is 6.31. The summed E-state index contributed by atoms with van der Waals surface area (Å²) in [6.07, 6.45) is 0.730. The third-order valence-electron chi connectivity index (χ3n) is 3.65. The summed E-state index contributed by atoms with van der Waals surface area (Å²) in [5, 5.41) is 0. The number of nitrogens with two attached hydrogens (primary N) is 1. The minimum Gasteiger partial charge on any atom is -0.494 e. The van der Waals surface area contributed by atoms with Gasteiger partial charge in [-0.25, -0.2) is 0 Å². The van der Waals surface area contributed by atoms with Crippen molar-refractivity contribution in [2.75, 3.05) is 6.61 Å². The van der Waals surface area contributed by atoms with Crippen LogP contribution < -0.4 is 15.2 Å². The summed E-state index contributed by atoms with van der Waals surface area (Å²) < 4.78 is 12.7. The predicted octanol–water partition coefficient (Wildman–Crippen LogP) is 4.37. The number of halogens is 1. The molecule has 0 radical (unpaired) electrons. The molecular weight excluding hydrogens is 330 g/mol. The molecule has 0 aromatic heterocycles. The molecular formula is C17H18BrNO2. The fraction of sp³-hybridized carbons (Fsp3) is 0.294. The Morgan fingerprint density at radius 3 is 2.95 bits per heavy atom. The van der Waals surface area contributed by atoms with Gasteiger partial charge >= 0.3 is 0 Å². The summed E-state index contributed by atoms with van der Waals surface area (Å²) in [5.41, 5.74) is 8.47. The molecule has 1 unspecified atom stereocenters. The molecule has 4 heteroatoms. The van der Waals surface area contributed by atoms with Crippen molar-refractivity contribution < 1.29 is 9.47 Å². The highest BCUT2D eigenvalue weighted by atomic mass is 79.9. The lowest BCUT2D eigenvalue weighted by Gasteiger charge is -2.31. The van der Waals surface area contributed by atoms with Crippen molar-refractivity contribution in [3.63, 3.8) is 0 Å². The lowest BCUT2D eigenvalue weighted by atomic mass is 9.93. The van der Waals surface area contributed by atoms with Crippen LogP contribution in [0.1, 0.15) is 36.6 Å². The Balaban J connectivity index is 1.88. The topological polar surface area (TPSA) is 44.5 Å². The van der Waals surface area contributed by atoms with Crippen LogP contribution in [0.2, 0.25) is 0 Å². The van der Waals surface area contributed by atoms with Crippen LogP contribution in [-0.4, -0.2) is 6.61 Å². The van der Waals surface area contributed by atoms with Crippen LogP contribution in [0.15, 0.2) is 46.9 Å². The predicted molar refractivity (Wildman–Crippen MR) is 86.7 cm³/mol. The number of benzene rings is 2. The monoisotopic (exact) mass is 347 g/mol. The molecule has 2 aromatic rings. The van der Waals surface area contributed by atoms with Gasteiger partial charge in [-0.15, -0.1) is 0 Å². The summed E-state index contributed by atoms with van der Waals surface area (Å²) in [7, 11) is 0. The minimum atomic E-state index is -0.0333. The van der Waals surface area contributed by atoms with Crippen molar-refractivity contribution in [1.82, 2.24) is 0 Å². The zero-order valence-electron chi connectivity index (χ0n) is 11.9. The molecule has 1 heterocycles. The third kappa shape index (κ3) is 3.06. The Hall–Kier alpha value is -1.52. The number of rotatable bonds is 3. The van der Waals surface area contributed by atoms with E-state index in [9.17, 15) is 0 Å². The van der Waals surface area contributed by atoms with E-state index >= 15 is 0 Å². The maximum Gasteiger partial charge on any atom is 0.126 e. The zero-order valence-corrected chi connectivity index (χ0v) is 13.5. The van der Waals surface area contributed by atoms with Crippen LogP contribution in [0.5, 0.6) is 11.5 Å². The molecule has 0 saturated heterocycles. The first kappa shape index (κ1) is 14.4. The average Bonchev–Trinajstić information content (AvgIpc) is 2.48. The highest BCUT2D eigenvalue weighted by Crippen LogP contribution is 2.41. The maximum atomic E-state index is 6.31. The van der Waals surface area contributed by atoms with Crippen LogP contribution >= 0.6 is 15.9 Å². The van der Waals surface area contributed by atoms with E-state index in [1.165, 1.54) is 0 Å². The standard InChI is InChI=1S/C17H18BrNO2/c1-2-20-13-5-3-4-11(8-13)17-10-15(19)14-9-12(18)6-7-16(14)21-17/h3-9,15,17H,2,10,19H2,1H3/t15-,17?/m1/s1. The van der Waals surface area contributed by atoms with E-state index in [-0.39, 0.29) is 12.1 Å². The van der Waals surface area contributed by atoms with Gasteiger partial charge in [0.05, 0.1) is 6.61 Å². The highest BCUT2D eigenvalue weighted by molar-refractivity contribution is 9.10. The molecule has 0 fully saturated rings. The van der Waals surface area contributed by atoms with Gasteiger partial charge in [-0.2, -0.15) is 0 Å². The summed E-state index contributed by atoms with van der Waals surface area (Å²) >= 11 is 3.48. The van der Waals surface area contributed by atoms with Crippen molar-refractivity contribution in [1.29, 1.82) is 0 Å². The quantitative estimate of drug-likeness (QED) is 0.896. The van der Waals surface area contributed by atoms with Gasteiger partial charge in [0.15, 0.2) is 0 Å². The van der Waals surface area contributed by atoms with Gasteiger partial charge in [-0.05, 0) is 42.8 Å². The van der Waals surface area contributed by atoms with Gasteiger partial charge in [-0.3, -0.25) is 0 Å². The van der Waals surface area contributed by atoms with Gasteiger partial charge in [0, 0.05) is 22.5 Å². The fourth-order valence-electron chi connectivity index (χ4n) is 2.65. The van der Waals surface area contributed by atoms with Crippen molar-refractivity contribution >= 4 is 15.9 Å². The summed E-state index contributed by atoms with van der Waals surface area (Å²) in [6, 6.07) is 14.0. The second-order valence-corrected chi connectivity index (χ2v) is 6.05. The molecule has 3 rings (SSSR count). The molecule has 2 N–H and O–H groups in total. The van der Waals surface area contributed by atoms with Crippen LogP contribution in [0.25, 0.3) is 0 Å². The van der Waals surface area contributed by atoms with Gasteiger partial charge < -0.3 is 15.2 Å². The third-order valence-corrected chi connectivity index (χ3v) is 4.14. The Bertz CT molecular complexity index is 644. The first-order valence-electron chi connectivity index (χ1n) is 7.12. The van der Waals surface area contributed by atoms with E-state index in [4.69, 9.17) is 15.2 Å². The van der Waals surface area contributed by atoms with Gasteiger partial charge in [-0.1, -0.05) is 28.1 Å². The Labute approximate surface area is 133 Å². The molecule has 0 spiro atoms. The van der Waals surface area contributed by atoms with Crippen LogP contribution in [0, 0.1) is 0 Å². The largest absolute Gasteiger partial charge is 0.494 e. The zero-order chi connectivity index (χ0) is 14.8. The van der Waals surface area contributed by atoms with Crippen molar-refractivity contribution in [2.45, 2.75) is 25.5 Å². The summed E-state index contributed by atoms with van der Waals surface area (Å²) in [4.78, 5) is 0.